The second-order valence-electron chi connectivity index (χ2n) is 6.08. The summed E-state index contributed by atoms with van der Waals surface area (Å²) >= 11 is 0. The van der Waals surface area contributed by atoms with Crippen LogP contribution in [0.3, 0.4) is 0 Å². The lowest BCUT2D eigenvalue weighted by Gasteiger charge is -2.33. The molecule has 2 N–H and O–H groups in total. The monoisotopic (exact) mass is 320 g/mol. The number of nitrogen functional groups attached to an aromatic ring is 1. The summed E-state index contributed by atoms with van der Waals surface area (Å²) in [6, 6.07) is 11.4. The van der Waals surface area contributed by atoms with E-state index >= 15 is 0 Å². The highest BCUT2D eigenvalue weighted by Gasteiger charge is 2.34. The lowest BCUT2D eigenvalue weighted by atomic mass is 10.0. The van der Waals surface area contributed by atoms with Crippen molar-refractivity contribution >= 4 is 17.3 Å². The van der Waals surface area contributed by atoms with Crippen LogP contribution in [0.2, 0.25) is 0 Å². The van der Waals surface area contributed by atoms with Crippen LogP contribution in [0.5, 0.6) is 5.75 Å². The molecule has 0 saturated carbocycles. The topological polar surface area (TPSA) is 55.6 Å². The van der Waals surface area contributed by atoms with Crippen LogP contribution in [0.1, 0.15) is 16.7 Å². The van der Waals surface area contributed by atoms with Gasteiger partial charge in [0, 0.05) is 18.2 Å². The zero-order valence-corrected chi connectivity index (χ0v) is 13.9. The van der Waals surface area contributed by atoms with Gasteiger partial charge in [-0.25, -0.2) is 0 Å². The van der Waals surface area contributed by atoms with Crippen molar-refractivity contribution in [3.63, 3.8) is 0 Å². The normalized spacial score (nSPS) is 16.3. The Balaban J connectivity index is 1.93. The average Bonchev–Trinajstić information content (AvgIpc) is 2.55. The van der Waals surface area contributed by atoms with E-state index in [-0.39, 0.29) is 12.5 Å². The molecule has 3 rings (SSSR count). The summed E-state index contributed by atoms with van der Waals surface area (Å²) in [6.45, 7) is 4.33. The fourth-order valence-corrected chi connectivity index (χ4v) is 2.87. The van der Waals surface area contributed by atoms with Crippen LogP contribution in [0.25, 0.3) is 0 Å². The summed E-state index contributed by atoms with van der Waals surface area (Å²) in [5, 5.41) is 0. The molecule has 1 amide bonds. The van der Waals surface area contributed by atoms with E-state index in [4.69, 9.17) is 16.9 Å². The molecule has 0 radical (unpaired) electrons. The number of fused-ring (bicyclic) bond motifs is 1. The van der Waals surface area contributed by atoms with Crippen LogP contribution in [0.15, 0.2) is 36.4 Å². The standard InChI is InChI=1S/C20H20N2O2/c1-4-9-22-17-8-7-16(21)12-18(17)24-19(20(22)23)11-15-6-5-13(2)14(3)10-15/h1,5-8,10,12,19H,9,11,21H2,2-3H3. The van der Waals surface area contributed by atoms with E-state index in [1.54, 1.807) is 23.1 Å². The van der Waals surface area contributed by atoms with Crippen molar-refractivity contribution in [1.29, 1.82) is 0 Å². The van der Waals surface area contributed by atoms with E-state index in [9.17, 15) is 4.79 Å². The number of terminal acetylenes is 1. The highest BCUT2D eigenvalue weighted by atomic mass is 16.5. The smallest absolute Gasteiger partial charge is 0.269 e. The number of nitrogens with zero attached hydrogens (tertiary/aromatic N) is 1. The molecule has 0 spiro atoms. The number of carbonyl (C=O) groups is 1. The van der Waals surface area contributed by atoms with Gasteiger partial charge in [-0.15, -0.1) is 6.42 Å². The number of hydrogen-bond acceptors (Lipinski definition) is 3. The molecule has 4 nitrogen and oxygen atoms in total. The van der Waals surface area contributed by atoms with Crippen molar-refractivity contribution < 1.29 is 9.53 Å². The van der Waals surface area contributed by atoms with Crippen molar-refractivity contribution in [2.24, 2.45) is 0 Å². The van der Waals surface area contributed by atoms with Crippen molar-refractivity contribution in [3.05, 3.63) is 53.1 Å². The molecule has 2 aromatic rings. The molecule has 0 aliphatic carbocycles. The maximum atomic E-state index is 12.8. The Hall–Kier alpha value is -2.93. The van der Waals surface area contributed by atoms with Crippen molar-refractivity contribution in [2.75, 3.05) is 17.2 Å². The number of anilines is 2. The van der Waals surface area contributed by atoms with E-state index < -0.39 is 6.10 Å². The number of rotatable bonds is 3. The first-order valence-corrected chi connectivity index (χ1v) is 7.86. The number of carbonyl (C=O) groups excluding carboxylic acids is 1. The van der Waals surface area contributed by atoms with Gasteiger partial charge in [-0.1, -0.05) is 24.1 Å². The van der Waals surface area contributed by atoms with Gasteiger partial charge in [0.25, 0.3) is 5.91 Å². The Labute approximate surface area is 142 Å². The SMILES string of the molecule is C#CCN1C(=O)C(Cc2ccc(C)c(C)c2)Oc2cc(N)ccc21. The zero-order valence-electron chi connectivity index (χ0n) is 13.9. The summed E-state index contributed by atoms with van der Waals surface area (Å²) in [7, 11) is 0. The third kappa shape index (κ3) is 2.93. The molecule has 1 unspecified atom stereocenters. The van der Waals surface area contributed by atoms with Crippen LogP contribution in [0, 0.1) is 26.2 Å². The fourth-order valence-electron chi connectivity index (χ4n) is 2.87. The first kappa shape index (κ1) is 15.9. The van der Waals surface area contributed by atoms with Gasteiger partial charge < -0.3 is 10.5 Å². The average molecular weight is 320 g/mol. The van der Waals surface area contributed by atoms with Crippen molar-refractivity contribution in [1.82, 2.24) is 0 Å². The Morgan fingerprint density at radius 2 is 2.00 bits per heavy atom. The van der Waals surface area contributed by atoms with Gasteiger partial charge in [-0.3, -0.25) is 9.69 Å². The maximum Gasteiger partial charge on any atom is 0.269 e. The number of ether oxygens (including phenoxy) is 1. The number of hydrogen-bond donors (Lipinski definition) is 1. The van der Waals surface area contributed by atoms with Crippen molar-refractivity contribution in [3.8, 4) is 18.1 Å². The summed E-state index contributed by atoms with van der Waals surface area (Å²) in [6.07, 6.45) is 5.33. The largest absolute Gasteiger partial charge is 0.478 e. The van der Waals surface area contributed by atoms with E-state index in [1.807, 2.05) is 6.07 Å². The fraction of sp³-hybridized carbons (Fsp3) is 0.250. The first-order valence-electron chi connectivity index (χ1n) is 7.86. The van der Waals surface area contributed by atoms with Gasteiger partial charge in [-0.05, 0) is 42.7 Å². The first-order chi connectivity index (χ1) is 11.5. The minimum absolute atomic E-state index is 0.122. The van der Waals surface area contributed by atoms with Crippen LogP contribution in [-0.4, -0.2) is 18.6 Å². The van der Waals surface area contributed by atoms with Gasteiger partial charge in [-0.2, -0.15) is 0 Å². The van der Waals surface area contributed by atoms with Crippen LogP contribution in [-0.2, 0) is 11.2 Å². The van der Waals surface area contributed by atoms with Crippen LogP contribution in [0.4, 0.5) is 11.4 Å². The molecular formula is C20H20N2O2. The molecule has 122 valence electrons. The van der Waals surface area contributed by atoms with Crippen LogP contribution < -0.4 is 15.4 Å². The van der Waals surface area contributed by atoms with E-state index in [0.29, 0.717) is 23.5 Å². The Morgan fingerprint density at radius 3 is 2.71 bits per heavy atom. The summed E-state index contributed by atoms with van der Waals surface area (Å²) in [4.78, 5) is 14.4. The Bertz CT molecular complexity index is 836. The predicted octanol–water partition coefficient (Wildman–Crippen LogP) is 2.86. The second-order valence-corrected chi connectivity index (χ2v) is 6.08. The third-order valence-electron chi connectivity index (χ3n) is 4.33. The van der Waals surface area contributed by atoms with Gasteiger partial charge in [0.05, 0.1) is 12.2 Å². The minimum Gasteiger partial charge on any atom is -0.478 e. The summed E-state index contributed by atoms with van der Waals surface area (Å²) in [5.74, 6) is 3.02. The second kappa shape index (κ2) is 6.29. The summed E-state index contributed by atoms with van der Waals surface area (Å²) < 4.78 is 5.94. The molecule has 0 fully saturated rings. The third-order valence-corrected chi connectivity index (χ3v) is 4.33. The van der Waals surface area contributed by atoms with E-state index in [1.165, 1.54) is 11.1 Å². The lowest BCUT2D eigenvalue weighted by Crippen LogP contribution is -2.47. The van der Waals surface area contributed by atoms with Gasteiger partial charge in [0.1, 0.15) is 5.75 Å². The molecule has 0 saturated heterocycles. The predicted molar refractivity (Wildman–Crippen MR) is 96.1 cm³/mol. The Morgan fingerprint density at radius 1 is 1.21 bits per heavy atom. The van der Waals surface area contributed by atoms with Gasteiger partial charge in [0.15, 0.2) is 6.10 Å². The molecule has 1 atom stereocenters. The molecule has 24 heavy (non-hydrogen) atoms. The molecule has 4 heteroatoms. The van der Waals surface area contributed by atoms with Gasteiger partial charge >= 0.3 is 0 Å². The molecule has 1 aliphatic rings. The molecule has 0 aromatic heterocycles. The number of amides is 1. The Kier molecular flexibility index (Phi) is 4.18. The molecule has 1 heterocycles. The van der Waals surface area contributed by atoms with Crippen molar-refractivity contribution in [2.45, 2.75) is 26.4 Å². The maximum absolute atomic E-state index is 12.8. The minimum atomic E-state index is -0.602. The number of aryl methyl sites for hydroxylation is 2. The highest BCUT2D eigenvalue weighted by molar-refractivity contribution is 6.00. The number of benzene rings is 2. The molecule has 1 aliphatic heterocycles. The van der Waals surface area contributed by atoms with E-state index in [2.05, 4.69) is 31.9 Å². The molecule has 2 aromatic carbocycles. The lowest BCUT2D eigenvalue weighted by molar-refractivity contribution is -0.126. The highest BCUT2D eigenvalue weighted by Crippen LogP contribution is 2.36. The number of nitrogens with two attached hydrogens (primary N) is 1. The van der Waals surface area contributed by atoms with Crippen LogP contribution >= 0.6 is 0 Å². The molecular weight excluding hydrogens is 300 g/mol. The van der Waals surface area contributed by atoms with E-state index in [0.717, 1.165) is 5.56 Å². The molecule has 0 bridgehead atoms. The summed E-state index contributed by atoms with van der Waals surface area (Å²) in [5.41, 5.74) is 10.6. The van der Waals surface area contributed by atoms with Gasteiger partial charge in [0.2, 0.25) is 0 Å². The zero-order chi connectivity index (χ0) is 17.3. The quantitative estimate of drug-likeness (QED) is 0.699.